The van der Waals surface area contributed by atoms with Gasteiger partial charge in [-0.3, -0.25) is 4.79 Å². The molecular formula is C43H37ClFN7O2S. The lowest BCUT2D eigenvalue weighted by molar-refractivity contribution is -0.154. The first-order chi connectivity index (χ1) is 27.0. The number of halogens is 2. The number of nitrogens with one attached hydrogen (secondary N) is 1. The molecule has 0 unspecified atom stereocenters. The molecule has 7 aromatic rings. The summed E-state index contributed by atoms with van der Waals surface area (Å²) in [6.07, 6.45) is 8.87. The smallest absolute Gasteiger partial charge is 0.311 e. The maximum absolute atomic E-state index is 16.9. The summed E-state index contributed by atoms with van der Waals surface area (Å²) in [5.41, 5.74) is 3.53. The molecule has 2 atom stereocenters. The second kappa shape index (κ2) is 14.6. The fourth-order valence-electron chi connectivity index (χ4n) is 8.88. The van der Waals surface area contributed by atoms with E-state index in [1.165, 1.54) is 17.5 Å². The normalized spacial score (nSPS) is 19.4. The number of hydrogen-bond donors (Lipinski definition) is 1. The Kier molecular flexibility index (Phi) is 9.35. The molecule has 3 saturated carbocycles. The van der Waals surface area contributed by atoms with Gasteiger partial charge in [0.25, 0.3) is 0 Å². The molecule has 276 valence electrons. The predicted octanol–water partition coefficient (Wildman–Crippen LogP) is 9.42. The van der Waals surface area contributed by atoms with Crippen LogP contribution in [0.4, 0.5) is 10.2 Å². The summed E-state index contributed by atoms with van der Waals surface area (Å²) in [4.78, 5) is 37.4. The first kappa shape index (κ1) is 35.2. The molecule has 0 aliphatic heterocycles. The number of thiazole rings is 1. The van der Waals surface area contributed by atoms with Gasteiger partial charge in [-0.1, -0.05) is 103 Å². The van der Waals surface area contributed by atoms with Gasteiger partial charge in [-0.2, -0.15) is 0 Å². The maximum Gasteiger partial charge on any atom is 0.311 e. The highest BCUT2D eigenvalue weighted by atomic mass is 35.5. The Balaban J connectivity index is 1.29. The number of rotatable bonds is 10. The van der Waals surface area contributed by atoms with Crippen molar-refractivity contribution in [1.82, 2.24) is 29.5 Å². The van der Waals surface area contributed by atoms with Crippen molar-refractivity contribution in [3.63, 3.8) is 0 Å². The molecule has 2 bridgehead atoms. The minimum atomic E-state index is -0.948. The van der Waals surface area contributed by atoms with E-state index in [1.807, 2.05) is 67.7 Å². The van der Waals surface area contributed by atoms with Gasteiger partial charge in [0, 0.05) is 23.8 Å². The molecule has 0 saturated heterocycles. The quantitative estimate of drug-likeness (QED) is 0.108. The van der Waals surface area contributed by atoms with Crippen molar-refractivity contribution in [3.8, 4) is 22.1 Å². The van der Waals surface area contributed by atoms with Crippen LogP contribution in [0.1, 0.15) is 49.3 Å². The Morgan fingerprint density at radius 2 is 1.51 bits per heavy atom. The minimum absolute atomic E-state index is 0.00150. The van der Waals surface area contributed by atoms with E-state index in [0.29, 0.717) is 21.7 Å². The van der Waals surface area contributed by atoms with E-state index in [9.17, 15) is 4.79 Å². The number of ether oxygens (including phenoxy) is 1. The van der Waals surface area contributed by atoms with Crippen LogP contribution in [0.25, 0.3) is 33.3 Å². The Morgan fingerprint density at radius 1 is 0.891 bits per heavy atom. The summed E-state index contributed by atoms with van der Waals surface area (Å²) in [5.74, 6) is -0.774. The number of anilines is 1. The van der Waals surface area contributed by atoms with Gasteiger partial charge in [0.2, 0.25) is 0 Å². The van der Waals surface area contributed by atoms with Crippen LogP contribution in [-0.2, 0) is 15.1 Å². The second-order valence-electron chi connectivity index (χ2n) is 14.1. The Bertz CT molecular complexity index is 2360. The number of hydrogen-bond acceptors (Lipinski definition) is 9. The molecule has 3 aliphatic carbocycles. The van der Waals surface area contributed by atoms with Crippen LogP contribution in [0.5, 0.6) is 0 Å². The summed E-state index contributed by atoms with van der Waals surface area (Å²) in [6, 6.07) is 30.4. The van der Waals surface area contributed by atoms with Gasteiger partial charge in [-0.25, -0.2) is 29.3 Å². The standard InChI is InChI=1S/C43H37ClFN7O2S/c1-2-54-42(53)33-26-18-20-27(21-19-26)35(33)49-39-34(45)37(41-46-22-23-55-41)50-38(51-39)31-25-52(40-36(31)48-32(44)24-47-40)43(28-12-6-3-7-13-28,29-14-8-4-9-15-29)30-16-10-5-11-17-30/h3-17,22-27,33,35H,2,18-21H2,1H3,(H,49,50,51)/t26?,27?,33-,35-/m1/s1. The van der Waals surface area contributed by atoms with Gasteiger partial charge in [-0.15, -0.1) is 11.3 Å². The highest BCUT2D eigenvalue weighted by molar-refractivity contribution is 7.13. The average molecular weight is 770 g/mol. The van der Waals surface area contributed by atoms with Crippen molar-refractivity contribution in [2.45, 2.75) is 44.2 Å². The highest BCUT2D eigenvalue weighted by Gasteiger charge is 2.48. The van der Waals surface area contributed by atoms with Gasteiger partial charge in [0.15, 0.2) is 23.1 Å². The summed E-state index contributed by atoms with van der Waals surface area (Å²) < 4.78 is 24.5. The van der Waals surface area contributed by atoms with Gasteiger partial charge >= 0.3 is 5.97 Å². The maximum atomic E-state index is 16.9. The third kappa shape index (κ3) is 6.06. The molecule has 3 aromatic carbocycles. The summed E-state index contributed by atoms with van der Waals surface area (Å²) >= 11 is 7.89. The fourth-order valence-corrected chi connectivity index (χ4v) is 9.63. The van der Waals surface area contributed by atoms with Crippen LogP contribution < -0.4 is 5.32 Å². The summed E-state index contributed by atoms with van der Waals surface area (Å²) in [5, 5.41) is 5.81. The number of esters is 1. The van der Waals surface area contributed by atoms with E-state index in [2.05, 4.69) is 51.3 Å². The molecule has 0 amide bonds. The van der Waals surface area contributed by atoms with Crippen molar-refractivity contribution in [2.24, 2.45) is 17.8 Å². The zero-order valence-corrected chi connectivity index (χ0v) is 31.6. The van der Waals surface area contributed by atoms with Gasteiger partial charge in [0.05, 0.1) is 24.3 Å². The van der Waals surface area contributed by atoms with E-state index >= 15 is 4.39 Å². The fraction of sp³-hybridized carbons (Fsp3) is 0.256. The molecule has 4 aromatic heterocycles. The number of fused-ring (bicyclic) bond motifs is 4. The Hall–Kier alpha value is -5.52. The van der Waals surface area contributed by atoms with Crippen LogP contribution in [-0.4, -0.2) is 48.1 Å². The van der Waals surface area contributed by atoms with Gasteiger partial charge in [-0.05, 0) is 61.1 Å². The predicted molar refractivity (Wildman–Crippen MR) is 212 cm³/mol. The lowest BCUT2D eigenvalue weighted by Gasteiger charge is -2.47. The van der Waals surface area contributed by atoms with Crippen molar-refractivity contribution in [1.29, 1.82) is 0 Å². The van der Waals surface area contributed by atoms with E-state index in [1.54, 1.807) is 11.6 Å². The SMILES string of the molecule is CCOC(=O)[C@@H]1C2CCC(CC2)[C@H]1Nc1nc(-c2cn(C(c3ccccc3)(c3ccccc3)c3ccccc3)c3ncc(Cl)nc23)nc(-c2nccs2)c1F. The van der Waals surface area contributed by atoms with Crippen LogP contribution in [0.2, 0.25) is 5.15 Å². The van der Waals surface area contributed by atoms with Crippen LogP contribution in [0.3, 0.4) is 0 Å². The number of aromatic nitrogens is 6. The number of carbonyl (C=O) groups is 1. The minimum Gasteiger partial charge on any atom is -0.466 e. The molecular weight excluding hydrogens is 733 g/mol. The average Bonchev–Trinajstić information content (AvgIpc) is 3.90. The van der Waals surface area contributed by atoms with E-state index in [0.717, 1.165) is 42.4 Å². The Morgan fingerprint density at radius 3 is 2.09 bits per heavy atom. The molecule has 1 N–H and O–H groups in total. The number of benzene rings is 3. The lowest BCUT2D eigenvalue weighted by atomic mass is 9.61. The molecule has 0 radical (unpaired) electrons. The van der Waals surface area contributed by atoms with Gasteiger partial charge in [0.1, 0.15) is 26.9 Å². The topological polar surface area (TPSA) is 108 Å². The van der Waals surface area contributed by atoms with Crippen LogP contribution in [0, 0.1) is 23.6 Å². The molecule has 55 heavy (non-hydrogen) atoms. The van der Waals surface area contributed by atoms with Crippen molar-refractivity contribution in [3.05, 3.63) is 143 Å². The molecule has 0 spiro atoms. The second-order valence-corrected chi connectivity index (χ2v) is 15.4. The zero-order chi connectivity index (χ0) is 37.5. The zero-order valence-electron chi connectivity index (χ0n) is 30.0. The molecule has 4 heterocycles. The van der Waals surface area contributed by atoms with Crippen LogP contribution in [0.15, 0.2) is 115 Å². The summed E-state index contributed by atoms with van der Waals surface area (Å²) in [7, 11) is 0. The monoisotopic (exact) mass is 769 g/mol. The van der Waals surface area contributed by atoms with E-state index in [-0.39, 0.29) is 52.9 Å². The number of carbonyl (C=O) groups excluding carboxylic acids is 1. The summed E-state index contributed by atoms with van der Waals surface area (Å²) in [6.45, 7) is 2.09. The van der Waals surface area contributed by atoms with E-state index < -0.39 is 17.3 Å². The first-order valence-corrected chi connectivity index (χ1v) is 19.8. The van der Waals surface area contributed by atoms with Crippen molar-refractivity contribution >= 4 is 45.9 Å². The molecule has 10 rings (SSSR count). The largest absolute Gasteiger partial charge is 0.466 e. The molecule has 3 fully saturated rings. The third-order valence-corrected chi connectivity index (χ3v) is 12.2. The molecule has 9 nitrogen and oxygen atoms in total. The Labute approximate surface area is 326 Å². The lowest BCUT2D eigenvalue weighted by Crippen LogP contribution is -2.52. The third-order valence-electron chi connectivity index (χ3n) is 11.2. The molecule has 3 aliphatic rings. The van der Waals surface area contributed by atoms with Crippen LogP contribution >= 0.6 is 22.9 Å². The van der Waals surface area contributed by atoms with E-state index in [4.69, 9.17) is 36.3 Å². The highest BCUT2D eigenvalue weighted by Crippen LogP contribution is 2.48. The number of nitrogens with zero attached hydrogens (tertiary/aromatic N) is 6. The first-order valence-electron chi connectivity index (χ1n) is 18.6. The van der Waals surface area contributed by atoms with Crippen molar-refractivity contribution < 1.29 is 13.9 Å². The molecule has 12 heteroatoms. The van der Waals surface area contributed by atoms with Crippen molar-refractivity contribution in [2.75, 3.05) is 11.9 Å². The van der Waals surface area contributed by atoms with Gasteiger partial charge < -0.3 is 14.6 Å².